The second-order valence-electron chi connectivity index (χ2n) is 4.46. The number of rotatable bonds is 7. The van der Waals surface area contributed by atoms with E-state index >= 15 is 0 Å². The van der Waals surface area contributed by atoms with Gasteiger partial charge < -0.3 is 24.5 Å². The Morgan fingerprint density at radius 1 is 1.26 bits per heavy atom. The Hall–Kier alpha value is -2.96. The van der Waals surface area contributed by atoms with Crippen LogP contribution in [-0.4, -0.2) is 25.9 Å². The summed E-state index contributed by atoms with van der Waals surface area (Å²) in [6.45, 7) is 2.52. The Labute approximate surface area is 133 Å². The van der Waals surface area contributed by atoms with Gasteiger partial charge in [0.2, 0.25) is 5.76 Å². The molecule has 0 saturated carbocycles. The summed E-state index contributed by atoms with van der Waals surface area (Å²) in [5.41, 5.74) is 0.800. The summed E-state index contributed by atoms with van der Waals surface area (Å²) in [5, 5.41) is 3.48. The predicted molar refractivity (Wildman–Crippen MR) is 83.8 cm³/mol. The number of nitrogens with zero attached hydrogens (tertiary/aromatic N) is 1. The average Bonchev–Trinajstić information content (AvgIpc) is 3.03. The van der Waals surface area contributed by atoms with E-state index in [9.17, 15) is 4.79 Å². The van der Waals surface area contributed by atoms with Gasteiger partial charge in [0, 0.05) is 0 Å². The summed E-state index contributed by atoms with van der Waals surface area (Å²) in [6.07, 6.45) is 1.52. The van der Waals surface area contributed by atoms with E-state index in [1.54, 1.807) is 24.3 Å². The smallest absolute Gasteiger partial charge is 0.373 e. The van der Waals surface area contributed by atoms with E-state index in [0.717, 1.165) is 5.56 Å². The van der Waals surface area contributed by atoms with Crippen molar-refractivity contribution in [2.75, 3.05) is 13.7 Å². The van der Waals surface area contributed by atoms with Gasteiger partial charge in [-0.1, -0.05) is 0 Å². The van der Waals surface area contributed by atoms with Gasteiger partial charge in [-0.3, -0.25) is 0 Å². The fourth-order valence-corrected chi connectivity index (χ4v) is 1.89. The topological polar surface area (TPSA) is 96.3 Å². The minimum absolute atomic E-state index is 0.130. The quantitative estimate of drug-likeness (QED) is 0.364. The monoisotopic (exact) mass is 318 g/mol. The molecule has 23 heavy (non-hydrogen) atoms. The molecule has 2 aromatic rings. The number of esters is 1. The zero-order chi connectivity index (χ0) is 16.7. The molecule has 0 aliphatic carbocycles. The number of hydrogen-bond donors (Lipinski definition) is 1. The highest BCUT2D eigenvalue weighted by atomic mass is 16.5. The molecule has 0 fully saturated rings. The molecule has 122 valence electrons. The van der Waals surface area contributed by atoms with Crippen LogP contribution in [0, 0.1) is 0 Å². The molecule has 7 nitrogen and oxygen atoms in total. The number of benzene rings is 1. The van der Waals surface area contributed by atoms with Gasteiger partial charge in [-0.15, -0.1) is 0 Å². The molecule has 0 atom stereocenters. The van der Waals surface area contributed by atoms with E-state index in [1.807, 2.05) is 6.92 Å². The predicted octanol–water partition coefficient (Wildman–Crippen LogP) is 2.34. The Morgan fingerprint density at radius 2 is 2.09 bits per heavy atom. The first kappa shape index (κ1) is 16.4. The van der Waals surface area contributed by atoms with Crippen LogP contribution < -0.4 is 15.3 Å². The summed E-state index contributed by atoms with van der Waals surface area (Å²) < 4.78 is 21.2. The molecule has 0 unspecified atom stereocenters. The van der Waals surface area contributed by atoms with Gasteiger partial charge >= 0.3 is 5.97 Å². The van der Waals surface area contributed by atoms with Gasteiger partial charge in [0.15, 0.2) is 11.5 Å². The number of furan rings is 1. The standard InChI is InChI=1S/C16H18N2O5/c1-3-21-15-8-11(9-18-17)4-6-13(15)22-10-12-5-7-14(23-12)16(19)20-2/h4-9H,3,10,17H2,1-2H3/b18-9-. The minimum Gasteiger partial charge on any atom is -0.490 e. The van der Waals surface area contributed by atoms with Crippen molar-refractivity contribution in [2.45, 2.75) is 13.5 Å². The van der Waals surface area contributed by atoms with Crippen LogP contribution in [0.4, 0.5) is 0 Å². The van der Waals surface area contributed by atoms with Gasteiger partial charge in [-0.25, -0.2) is 4.79 Å². The maximum Gasteiger partial charge on any atom is 0.373 e. The number of methoxy groups -OCH3 is 1. The lowest BCUT2D eigenvalue weighted by molar-refractivity contribution is 0.0561. The van der Waals surface area contributed by atoms with Crippen molar-refractivity contribution < 1.29 is 23.4 Å². The van der Waals surface area contributed by atoms with Crippen molar-refractivity contribution in [1.29, 1.82) is 0 Å². The minimum atomic E-state index is -0.531. The molecule has 2 N–H and O–H groups in total. The number of hydrazone groups is 1. The number of carbonyl (C=O) groups excluding carboxylic acids is 1. The third-order valence-corrected chi connectivity index (χ3v) is 2.91. The van der Waals surface area contributed by atoms with E-state index in [2.05, 4.69) is 9.84 Å². The third-order valence-electron chi connectivity index (χ3n) is 2.91. The van der Waals surface area contributed by atoms with Crippen LogP contribution >= 0.6 is 0 Å². The van der Waals surface area contributed by atoms with Gasteiger partial charge in [0.25, 0.3) is 0 Å². The Kier molecular flexibility index (Phi) is 5.62. The molecule has 0 spiro atoms. The Morgan fingerprint density at radius 3 is 2.78 bits per heavy atom. The van der Waals surface area contributed by atoms with E-state index in [-0.39, 0.29) is 12.4 Å². The van der Waals surface area contributed by atoms with Crippen molar-refractivity contribution >= 4 is 12.2 Å². The van der Waals surface area contributed by atoms with Gasteiger partial charge in [0.05, 0.1) is 19.9 Å². The summed E-state index contributed by atoms with van der Waals surface area (Å²) >= 11 is 0. The summed E-state index contributed by atoms with van der Waals surface area (Å²) in [6, 6.07) is 8.52. The summed E-state index contributed by atoms with van der Waals surface area (Å²) in [5.74, 6) is 6.37. The van der Waals surface area contributed by atoms with Crippen molar-refractivity contribution in [3.05, 3.63) is 47.4 Å². The van der Waals surface area contributed by atoms with Gasteiger partial charge in [0.1, 0.15) is 12.4 Å². The molecule has 0 radical (unpaired) electrons. The van der Waals surface area contributed by atoms with E-state index < -0.39 is 5.97 Å². The van der Waals surface area contributed by atoms with Crippen LogP contribution in [0.2, 0.25) is 0 Å². The highest BCUT2D eigenvalue weighted by Crippen LogP contribution is 2.29. The molecule has 1 aromatic heterocycles. The molecular formula is C16H18N2O5. The molecule has 0 saturated heterocycles. The maximum absolute atomic E-state index is 11.3. The van der Waals surface area contributed by atoms with Crippen LogP contribution in [-0.2, 0) is 11.3 Å². The molecule has 2 rings (SSSR count). The van der Waals surface area contributed by atoms with Crippen LogP contribution in [0.1, 0.15) is 28.8 Å². The second-order valence-corrected chi connectivity index (χ2v) is 4.46. The fourth-order valence-electron chi connectivity index (χ4n) is 1.89. The maximum atomic E-state index is 11.3. The molecule has 0 bridgehead atoms. The molecular weight excluding hydrogens is 300 g/mol. The Balaban J connectivity index is 2.10. The highest BCUT2D eigenvalue weighted by Gasteiger charge is 2.12. The van der Waals surface area contributed by atoms with Gasteiger partial charge in [-0.05, 0) is 42.8 Å². The SMILES string of the molecule is CCOc1cc(/C=N\N)ccc1OCc1ccc(C(=O)OC)o1. The first-order valence-electron chi connectivity index (χ1n) is 6.97. The number of carbonyl (C=O) groups is 1. The number of hydrogen-bond acceptors (Lipinski definition) is 7. The summed E-state index contributed by atoms with van der Waals surface area (Å²) in [4.78, 5) is 11.3. The molecule has 1 aromatic carbocycles. The van der Waals surface area contributed by atoms with Crippen molar-refractivity contribution in [2.24, 2.45) is 10.9 Å². The lowest BCUT2D eigenvalue weighted by atomic mass is 10.2. The van der Waals surface area contributed by atoms with Crippen LogP contribution in [0.5, 0.6) is 11.5 Å². The van der Waals surface area contributed by atoms with Crippen molar-refractivity contribution in [3.8, 4) is 11.5 Å². The lowest BCUT2D eigenvalue weighted by Crippen LogP contribution is -2.01. The normalized spacial score (nSPS) is 10.7. The zero-order valence-electron chi connectivity index (χ0n) is 12.9. The molecule has 0 amide bonds. The van der Waals surface area contributed by atoms with Crippen LogP contribution in [0.25, 0.3) is 0 Å². The molecule has 1 heterocycles. The van der Waals surface area contributed by atoms with Crippen LogP contribution in [0.3, 0.4) is 0 Å². The van der Waals surface area contributed by atoms with Crippen molar-refractivity contribution in [1.82, 2.24) is 0 Å². The Bertz CT molecular complexity index is 694. The molecule has 7 heteroatoms. The third kappa shape index (κ3) is 4.26. The first-order chi connectivity index (χ1) is 11.2. The lowest BCUT2D eigenvalue weighted by Gasteiger charge is -2.11. The largest absolute Gasteiger partial charge is 0.490 e. The van der Waals surface area contributed by atoms with E-state index in [0.29, 0.717) is 23.9 Å². The van der Waals surface area contributed by atoms with Crippen molar-refractivity contribution in [3.63, 3.8) is 0 Å². The first-order valence-corrected chi connectivity index (χ1v) is 6.97. The number of ether oxygens (including phenoxy) is 3. The van der Waals surface area contributed by atoms with Crippen LogP contribution in [0.15, 0.2) is 39.9 Å². The summed E-state index contributed by atoms with van der Waals surface area (Å²) in [7, 11) is 1.29. The molecule has 0 aliphatic rings. The fraction of sp³-hybridized carbons (Fsp3) is 0.250. The zero-order valence-corrected chi connectivity index (χ0v) is 12.9. The number of nitrogens with two attached hydrogens (primary N) is 1. The highest BCUT2D eigenvalue weighted by molar-refractivity contribution is 5.86. The van der Waals surface area contributed by atoms with E-state index in [4.69, 9.17) is 19.7 Å². The second kappa shape index (κ2) is 7.88. The molecule has 0 aliphatic heterocycles. The van der Waals surface area contributed by atoms with Gasteiger partial charge in [-0.2, -0.15) is 5.10 Å². The average molecular weight is 318 g/mol. The van der Waals surface area contributed by atoms with E-state index in [1.165, 1.54) is 19.4 Å².